The van der Waals surface area contributed by atoms with Gasteiger partial charge in [-0.25, -0.2) is 0 Å². The van der Waals surface area contributed by atoms with E-state index in [1.807, 2.05) is 24.3 Å². The first-order chi connectivity index (χ1) is 32.1. The second-order valence-corrected chi connectivity index (χ2v) is 18.9. The fraction of sp³-hybridized carbons (Fsp3) is 0.596. The molecule has 380 valence electrons. The number of amides is 4. The van der Waals surface area contributed by atoms with Crippen LogP contribution in [-0.2, 0) is 43.7 Å². The lowest BCUT2D eigenvalue weighted by molar-refractivity contribution is -0.143. The highest BCUT2D eigenvalue weighted by molar-refractivity contribution is 7.85. The molecule has 0 fully saturated rings. The predicted octanol–water partition coefficient (Wildman–Crippen LogP) is 6.02. The van der Waals surface area contributed by atoms with E-state index in [0.717, 1.165) is 76.9 Å². The van der Waals surface area contributed by atoms with Gasteiger partial charge >= 0.3 is 17.9 Å². The van der Waals surface area contributed by atoms with Gasteiger partial charge in [0.2, 0.25) is 23.6 Å². The molecule has 0 aliphatic heterocycles. The summed E-state index contributed by atoms with van der Waals surface area (Å²) in [5, 5.41) is 28.8. The van der Waals surface area contributed by atoms with Crippen LogP contribution in [-0.4, -0.2) is 108 Å². The standard InChI is InChI=1S/C47H69ClN4O15S/c1-31(2)34-18-17-19-35(27-34)65-23-14-11-9-13-22-49-45(59)38(28-42(54)55)51-47(61)39(29-43(56)57)52-46(60)37(50-33(4)53)20-21-44(58)67-40-30-41(36(48)26-32(40)3)66-24-15-10-7-5-6-8-12-16-25-68(62,63)64/h17-19,26-27,30-31,37-39H,5-16,20-25,28-29H2,1-4H3,(H,49,59)(H,50,53)(H,51,61)(H,52,60)(H,54,55)(H,56,57)(H,62,63,64)/t37-,38-,39-/m0/s1. The molecule has 3 atom stereocenters. The third-order valence-corrected chi connectivity index (χ3v) is 11.6. The van der Waals surface area contributed by atoms with Crippen molar-refractivity contribution in [3.8, 4) is 17.2 Å². The number of carboxylic acid groups (broad SMARTS) is 2. The lowest BCUT2D eigenvalue weighted by atomic mass is 10.0. The van der Waals surface area contributed by atoms with Gasteiger partial charge in [-0.1, -0.05) is 88.9 Å². The summed E-state index contributed by atoms with van der Waals surface area (Å²) >= 11 is 6.38. The molecular formula is C47H69ClN4O15S. The zero-order valence-corrected chi connectivity index (χ0v) is 41.0. The molecule has 2 aromatic carbocycles. The number of hydrogen-bond acceptors (Lipinski definition) is 12. The number of aliphatic carboxylic acids is 2. The van der Waals surface area contributed by atoms with Crippen LogP contribution in [0.4, 0.5) is 0 Å². The molecule has 2 aromatic rings. The highest BCUT2D eigenvalue weighted by Crippen LogP contribution is 2.33. The highest BCUT2D eigenvalue weighted by Gasteiger charge is 2.32. The third-order valence-electron chi connectivity index (χ3n) is 10.5. The number of carbonyl (C=O) groups is 7. The predicted molar refractivity (Wildman–Crippen MR) is 253 cm³/mol. The van der Waals surface area contributed by atoms with E-state index in [1.165, 1.54) is 11.6 Å². The van der Waals surface area contributed by atoms with Gasteiger partial charge < -0.3 is 45.7 Å². The number of rotatable bonds is 35. The lowest BCUT2D eigenvalue weighted by Gasteiger charge is -2.24. The Bertz CT molecular complexity index is 2090. The van der Waals surface area contributed by atoms with Crippen molar-refractivity contribution in [2.24, 2.45) is 0 Å². The molecule has 4 amide bonds. The van der Waals surface area contributed by atoms with Crippen molar-refractivity contribution in [2.45, 2.75) is 154 Å². The van der Waals surface area contributed by atoms with E-state index in [-0.39, 0.29) is 35.2 Å². The Morgan fingerprint density at radius 2 is 1.22 bits per heavy atom. The second kappa shape index (κ2) is 31.6. The van der Waals surface area contributed by atoms with Gasteiger partial charge in [0.15, 0.2) is 0 Å². The number of esters is 1. The Balaban J connectivity index is 1.91. The molecular weight excluding hydrogens is 928 g/mol. The van der Waals surface area contributed by atoms with Gasteiger partial charge in [-0.3, -0.25) is 38.1 Å². The van der Waals surface area contributed by atoms with Crippen LogP contribution in [0.1, 0.15) is 141 Å². The van der Waals surface area contributed by atoms with Crippen LogP contribution < -0.4 is 35.5 Å². The number of nitrogens with one attached hydrogen (secondary N) is 4. The molecule has 0 heterocycles. The first kappa shape index (κ1) is 58.7. The summed E-state index contributed by atoms with van der Waals surface area (Å²) in [4.78, 5) is 88.3. The Morgan fingerprint density at radius 3 is 1.79 bits per heavy atom. The summed E-state index contributed by atoms with van der Waals surface area (Å²) < 4.78 is 47.6. The van der Waals surface area contributed by atoms with Crippen LogP contribution >= 0.6 is 11.6 Å². The molecule has 0 saturated carbocycles. The van der Waals surface area contributed by atoms with Crippen molar-refractivity contribution in [3.05, 3.63) is 52.5 Å². The van der Waals surface area contributed by atoms with Gasteiger partial charge in [-0.2, -0.15) is 8.42 Å². The first-order valence-corrected chi connectivity index (χ1v) is 25.0. The van der Waals surface area contributed by atoms with Crippen molar-refractivity contribution in [1.29, 1.82) is 0 Å². The van der Waals surface area contributed by atoms with Crippen LogP contribution in [0.5, 0.6) is 17.2 Å². The van der Waals surface area contributed by atoms with Crippen molar-refractivity contribution in [2.75, 3.05) is 25.5 Å². The summed E-state index contributed by atoms with van der Waals surface area (Å²) in [5.41, 5.74) is 1.68. The fourth-order valence-corrected chi connectivity index (χ4v) is 7.66. The van der Waals surface area contributed by atoms with Crippen molar-refractivity contribution < 1.29 is 71.0 Å². The number of aryl methyl sites for hydroxylation is 1. The van der Waals surface area contributed by atoms with E-state index in [1.54, 1.807) is 13.0 Å². The normalized spacial score (nSPS) is 12.6. The van der Waals surface area contributed by atoms with E-state index in [9.17, 15) is 52.2 Å². The van der Waals surface area contributed by atoms with Gasteiger partial charge in [0, 0.05) is 26.0 Å². The fourth-order valence-electron chi connectivity index (χ4n) is 6.82. The van der Waals surface area contributed by atoms with Gasteiger partial charge in [0.25, 0.3) is 10.1 Å². The maximum absolute atomic E-state index is 13.4. The molecule has 0 unspecified atom stereocenters. The van der Waals surface area contributed by atoms with Crippen LogP contribution in [0.25, 0.3) is 0 Å². The molecule has 0 spiro atoms. The van der Waals surface area contributed by atoms with E-state index in [0.29, 0.717) is 37.5 Å². The molecule has 7 N–H and O–H groups in total. The maximum atomic E-state index is 13.4. The zero-order valence-electron chi connectivity index (χ0n) is 39.4. The SMILES string of the molecule is CC(=O)N[C@@H](CCC(=O)Oc1cc(OCCCCCCCCCCS(=O)(=O)O)c(Cl)cc1C)C(=O)N[C@@H](CC(=O)O)C(=O)N[C@@H](CC(=O)O)C(=O)NCCCCCCOc1cccc(C(C)C)c1. The number of ether oxygens (including phenoxy) is 3. The maximum Gasteiger partial charge on any atom is 0.311 e. The van der Waals surface area contributed by atoms with Crippen LogP contribution in [0, 0.1) is 6.92 Å². The first-order valence-electron chi connectivity index (χ1n) is 23.1. The number of benzene rings is 2. The Kier molecular flexibility index (Phi) is 27.2. The van der Waals surface area contributed by atoms with Crippen LogP contribution in [0.15, 0.2) is 36.4 Å². The van der Waals surface area contributed by atoms with Crippen molar-refractivity contribution in [3.63, 3.8) is 0 Å². The van der Waals surface area contributed by atoms with E-state index in [2.05, 4.69) is 35.1 Å². The number of carbonyl (C=O) groups excluding carboxylic acids is 5. The molecule has 2 rings (SSSR count). The summed E-state index contributed by atoms with van der Waals surface area (Å²) in [6, 6.07) is 6.04. The molecule has 21 heteroatoms. The Hall–Kier alpha value is -5.47. The Morgan fingerprint density at radius 1 is 0.676 bits per heavy atom. The highest BCUT2D eigenvalue weighted by atomic mass is 35.5. The summed E-state index contributed by atoms with van der Waals surface area (Å²) in [6.07, 6.45) is 6.72. The number of carboxylic acids is 2. The van der Waals surface area contributed by atoms with Gasteiger partial charge in [0.1, 0.15) is 35.4 Å². The quantitative estimate of drug-likeness (QED) is 0.0180. The molecule has 0 radical (unpaired) electrons. The third kappa shape index (κ3) is 25.6. The second-order valence-electron chi connectivity index (χ2n) is 16.9. The monoisotopic (exact) mass is 996 g/mol. The van der Waals surface area contributed by atoms with E-state index in [4.69, 9.17) is 30.4 Å². The minimum atomic E-state index is -3.93. The molecule has 19 nitrogen and oxygen atoms in total. The summed E-state index contributed by atoms with van der Waals surface area (Å²) in [6.45, 7) is 7.97. The zero-order chi connectivity index (χ0) is 50.6. The van der Waals surface area contributed by atoms with E-state index >= 15 is 0 Å². The molecule has 0 saturated heterocycles. The topological polar surface area (TPSA) is 290 Å². The average molecular weight is 998 g/mol. The number of halogens is 1. The molecule has 0 aliphatic carbocycles. The molecule has 0 aromatic heterocycles. The van der Waals surface area contributed by atoms with Gasteiger partial charge in [-0.15, -0.1) is 0 Å². The number of hydrogen-bond donors (Lipinski definition) is 7. The van der Waals surface area contributed by atoms with Gasteiger partial charge in [0.05, 0.1) is 36.8 Å². The largest absolute Gasteiger partial charge is 0.494 e. The van der Waals surface area contributed by atoms with Crippen LogP contribution in [0.2, 0.25) is 5.02 Å². The Labute approximate surface area is 403 Å². The van der Waals surface area contributed by atoms with Crippen LogP contribution in [0.3, 0.4) is 0 Å². The summed E-state index contributed by atoms with van der Waals surface area (Å²) in [7, 11) is -3.93. The smallest absolute Gasteiger partial charge is 0.311 e. The molecule has 0 aliphatic rings. The average Bonchev–Trinajstić information content (AvgIpc) is 3.25. The van der Waals surface area contributed by atoms with Gasteiger partial charge in [-0.05, 0) is 74.3 Å². The summed E-state index contributed by atoms with van der Waals surface area (Å²) in [5.74, 6) is -6.10. The molecule has 68 heavy (non-hydrogen) atoms. The van der Waals surface area contributed by atoms with Crippen molar-refractivity contribution >= 4 is 63.3 Å². The minimum absolute atomic E-state index is 0.131. The molecule has 0 bridgehead atoms. The van der Waals surface area contributed by atoms with E-state index < -0.39 is 89.0 Å². The van der Waals surface area contributed by atoms with Crippen molar-refractivity contribution in [1.82, 2.24) is 21.3 Å². The minimum Gasteiger partial charge on any atom is -0.494 e. The lowest BCUT2D eigenvalue weighted by Crippen LogP contribution is -2.57. The number of unbranched alkanes of at least 4 members (excludes halogenated alkanes) is 10.